The Bertz CT molecular complexity index is 169. The molecule has 0 radical (unpaired) electrons. The zero-order chi connectivity index (χ0) is 11.7. The lowest BCUT2D eigenvalue weighted by atomic mass is 10.1. The molecule has 15 heavy (non-hydrogen) atoms. The van der Waals surface area contributed by atoms with Crippen LogP contribution >= 0.6 is 0 Å². The van der Waals surface area contributed by atoms with Crippen molar-refractivity contribution in [3.8, 4) is 0 Å². The quantitative estimate of drug-likeness (QED) is 0.589. The zero-order valence-corrected chi connectivity index (χ0v) is 10.6. The van der Waals surface area contributed by atoms with Gasteiger partial charge >= 0.3 is 0 Å². The third kappa shape index (κ3) is 8.58. The molecule has 0 aliphatic heterocycles. The molecular weight excluding hydrogens is 190 g/mol. The molecular formula is C12H25NO2. The number of ketones is 1. The minimum atomic E-state index is 0.342. The van der Waals surface area contributed by atoms with E-state index in [-0.39, 0.29) is 0 Å². The Balaban J connectivity index is 3.93. The molecule has 0 N–H and O–H groups in total. The van der Waals surface area contributed by atoms with Crippen molar-refractivity contribution < 1.29 is 9.53 Å². The molecule has 0 aliphatic rings. The van der Waals surface area contributed by atoms with Crippen molar-refractivity contribution >= 4 is 5.78 Å². The minimum absolute atomic E-state index is 0.342. The van der Waals surface area contributed by atoms with Gasteiger partial charge in [0.2, 0.25) is 0 Å². The summed E-state index contributed by atoms with van der Waals surface area (Å²) in [6.07, 6.45) is 1.64. The van der Waals surface area contributed by atoms with Gasteiger partial charge in [-0.05, 0) is 12.3 Å². The average molecular weight is 215 g/mol. The van der Waals surface area contributed by atoms with Crippen molar-refractivity contribution in [1.29, 1.82) is 0 Å². The summed E-state index contributed by atoms with van der Waals surface area (Å²) in [5.41, 5.74) is 0. The monoisotopic (exact) mass is 215 g/mol. The van der Waals surface area contributed by atoms with Crippen molar-refractivity contribution in [1.82, 2.24) is 4.90 Å². The molecule has 90 valence electrons. The van der Waals surface area contributed by atoms with Crippen molar-refractivity contribution in [3.05, 3.63) is 0 Å². The van der Waals surface area contributed by atoms with Gasteiger partial charge in [0.1, 0.15) is 5.78 Å². The van der Waals surface area contributed by atoms with Gasteiger partial charge in [0.25, 0.3) is 0 Å². The normalized spacial score (nSPS) is 11.3. The molecule has 0 aromatic rings. The largest absolute Gasteiger partial charge is 0.383 e. The fourth-order valence-corrected chi connectivity index (χ4v) is 1.58. The number of hydrogen-bond donors (Lipinski definition) is 0. The fraction of sp³-hybridized carbons (Fsp3) is 0.917. The van der Waals surface area contributed by atoms with E-state index in [0.717, 1.165) is 19.5 Å². The summed E-state index contributed by atoms with van der Waals surface area (Å²) in [7, 11) is 1.70. The maximum absolute atomic E-state index is 11.5. The predicted octanol–water partition coefficient (Wildman–Crippen LogP) is 1.96. The molecule has 0 unspecified atom stereocenters. The summed E-state index contributed by atoms with van der Waals surface area (Å²) in [6.45, 7) is 9.48. The molecule has 0 aromatic heterocycles. The molecule has 0 spiro atoms. The first-order chi connectivity index (χ1) is 7.10. The van der Waals surface area contributed by atoms with Gasteiger partial charge in [0.05, 0.1) is 13.2 Å². The van der Waals surface area contributed by atoms with Gasteiger partial charge in [-0.15, -0.1) is 0 Å². The van der Waals surface area contributed by atoms with E-state index in [9.17, 15) is 4.79 Å². The van der Waals surface area contributed by atoms with E-state index in [4.69, 9.17) is 4.74 Å². The Morgan fingerprint density at radius 1 is 1.40 bits per heavy atom. The number of rotatable bonds is 9. The van der Waals surface area contributed by atoms with Gasteiger partial charge in [-0.1, -0.05) is 20.8 Å². The first-order valence-corrected chi connectivity index (χ1v) is 5.83. The number of carbonyl (C=O) groups excluding carboxylic acids is 1. The summed E-state index contributed by atoms with van der Waals surface area (Å²) in [5.74, 6) is 0.936. The van der Waals surface area contributed by atoms with E-state index in [1.165, 1.54) is 0 Å². The second-order valence-corrected chi connectivity index (χ2v) is 4.41. The topological polar surface area (TPSA) is 29.5 Å². The van der Waals surface area contributed by atoms with E-state index in [2.05, 4.69) is 18.7 Å². The van der Waals surface area contributed by atoms with Crippen molar-refractivity contribution in [2.45, 2.75) is 33.6 Å². The molecule has 0 atom stereocenters. The van der Waals surface area contributed by atoms with Crippen molar-refractivity contribution in [2.75, 3.05) is 33.4 Å². The maximum atomic E-state index is 11.5. The molecule has 3 nitrogen and oxygen atoms in total. The lowest BCUT2D eigenvalue weighted by Gasteiger charge is -2.23. The van der Waals surface area contributed by atoms with Gasteiger partial charge in [-0.3, -0.25) is 9.69 Å². The highest BCUT2D eigenvalue weighted by Crippen LogP contribution is 2.00. The number of ether oxygens (including phenoxy) is 1. The summed E-state index contributed by atoms with van der Waals surface area (Å²) in [4.78, 5) is 13.7. The zero-order valence-electron chi connectivity index (χ0n) is 10.6. The van der Waals surface area contributed by atoms with E-state index >= 15 is 0 Å². The summed E-state index contributed by atoms with van der Waals surface area (Å²) in [6, 6.07) is 0. The van der Waals surface area contributed by atoms with Crippen LogP contribution in [0.2, 0.25) is 0 Å². The van der Waals surface area contributed by atoms with E-state index in [1.54, 1.807) is 7.11 Å². The molecule has 0 bridgehead atoms. The Morgan fingerprint density at radius 2 is 2.07 bits per heavy atom. The van der Waals surface area contributed by atoms with Crippen LogP contribution in [0, 0.1) is 5.92 Å². The minimum Gasteiger partial charge on any atom is -0.383 e. The Hall–Kier alpha value is -0.410. The molecule has 0 rings (SSSR count). The van der Waals surface area contributed by atoms with E-state index in [0.29, 0.717) is 31.3 Å². The van der Waals surface area contributed by atoms with Gasteiger partial charge in [0.15, 0.2) is 0 Å². The second kappa shape index (κ2) is 8.86. The van der Waals surface area contributed by atoms with Crippen LogP contribution in [0.15, 0.2) is 0 Å². The Morgan fingerprint density at radius 3 is 2.53 bits per heavy atom. The molecule has 0 saturated heterocycles. The van der Waals surface area contributed by atoms with Gasteiger partial charge in [-0.25, -0.2) is 0 Å². The number of hydrogen-bond acceptors (Lipinski definition) is 3. The lowest BCUT2D eigenvalue weighted by Crippen LogP contribution is -2.35. The molecule has 0 fully saturated rings. The SMILES string of the molecule is CCCC(=O)CN(CCOC)CC(C)C. The standard InChI is InChI=1S/C12H25NO2/c1-5-6-12(14)10-13(7-8-15-4)9-11(2)3/h11H,5-10H2,1-4H3. The van der Waals surface area contributed by atoms with Gasteiger partial charge in [0, 0.05) is 26.6 Å². The van der Waals surface area contributed by atoms with Crippen LogP contribution in [-0.2, 0) is 9.53 Å². The highest BCUT2D eigenvalue weighted by Gasteiger charge is 2.11. The number of nitrogens with zero attached hydrogens (tertiary/aromatic N) is 1. The molecule has 0 heterocycles. The fourth-order valence-electron chi connectivity index (χ4n) is 1.58. The van der Waals surface area contributed by atoms with Crippen LogP contribution in [0.1, 0.15) is 33.6 Å². The van der Waals surface area contributed by atoms with Crippen LogP contribution in [-0.4, -0.2) is 44.0 Å². The van der Waals surface area contributed by atoms with Gasteiger partial charge < -0.3 is 4.74 Å². The maximum Gasteiger partial charge on any atom is 0.146 e. The predicted molar refractivity (Wildman–Crippen MR) is 63.1 cm³/mol. The Labute approximate surface area is 93.8 Å². The molecule has 0 aliphatic carbocycles. The molecule has 0 aromatic carbocycles. The van der Waals surface area contributed by atoms with Crippen LogP contribution < -0.4 is 0 Å². The number of carbonyl (C=O) groups is 1. The van der Waals surface area contributed by atoms with Crippen molar-refractivity contribution in [3.63, 3.8) is 0 Å². The third-order valence-corrected chi connectivity index (χ3v) is 2.16. The first kappa shape index (κ1) is 14.6. The van der Waals surface area contributed by atoms with E-state index < -0.39 is 0 Å². The van der Waals surface area contributed by atoms with Crippen LogP contribution in [0.5, 0.6) is 0 Å². The van der Waals surface area contributed by atoms with Crippen LogP contribution in [0.4, 0.5) is 0 Å². The van der Waals surface area contributed by atoms with E-state index in [1.807, 2.05) is 6.92 Å². The van der Waals surface area contributed by atoms with Crippen molar-refractivity contribution in [2.24, 2.45) is 5.92 Å². The highest BCUT2D eigenvalue weighted by molar-refractivity contribution is 5.80. The molecule has 3 heteroatoms. The van der Waals surface area contributed by atoms with Crippen LogP contribution in [0.3, 0.4) is 0 Å². The van der Waals surface area contributed by atoms with Gasteiger partial charge in [-0.2, -0.15) is 0 Å². The molecule has 0 amide bonds. The smallest absolute Gasteiger partial charge is 0.146 e. The number of Topliss-reactive ketones (excluding diaryl/α,β-unsaturated/α-hetero) is 1. The Kier molecular flexibility index (Phi) is 8.62. The first-order valence-electron chi connectivity index (χ1n) is 5.83. The molecule has 0 saturated carbocycles. The third-order valence-electron chi connectivity index (χ3n) is 2.16. The second-order valence-electron chi connectivity index (χ2n) is 4.41. The highest BCUT2D eigenvalue weighted by atomic mass is 16.5. The summed E-state index contributed by atoms with van der Waals surface area (Å²) in [5, 5.41) is 0. The average Bonchev–Trinajstić information content (AvgIpc) is 2.13. The van der Waals surface area contributed by atoms with Crippen LogP contribution in [0.25, 0.3) is 0 Å². The summed E-state index contributed by atoms with van der Waals surface area (Å²) >= 11 is 0. The lowest BCUT2D eigenvalue weighted by molar-refractivity contribution is -0.120. The summed E-state index contributed by atoms with van der Waals surface area (Å²) < 4.78 is 5.04. The number of methoxy groups -OCH3 is 1.